The molecule has 0 aliphatic rings. The first-order chi connectivity index (χ1) is 13.2. The molecule has 1 aromatic heterocycles. The normalized spacial score (nSPS) is 12.2. The number of alkyl halides is 3. The first-order valence-electron chi connectivity index (χ1n) is 9.51. The minimum atomic E-state index is -4.41. The van der Waals surface area contributed by atoms with Gasteiger partial charge in [-0.3, -0.25) is 4.57 Å². The van der Waals surface area contributed by atoms with E-state index in [0.717, 1.165) is 11.1 Å². The van der Waals surface area contributed by atoms with E-state index < -0.39 is 11.7 Å². The number of rotatable bonds is 5. The lowest BCUT2D eigenvalue weighted by molar-refractivity contribution is -0.138. The summed E-state index contributed by atoms with van der Waals surface area (Å²) in [7, 11) is 0. The molecule has 1 heterocycles. The van der Waals surface area contributed by atoms with E-state index in [0.29, 0.717) is 23.5 Å². The summed E-state index contributed by atoms with van der Waals surface area (Å²) in [6.07, 6.45) is -0.477. The summed E-state index contributed by atoms with van der Waals surface area (Å²) >= 11 is 0. The number of hydrogen-bond donors (Lipinski definition) is 0. The first-order valence-corrected chi connectivity index (χ1v) is 9.51. The average molecular weight is 386 g/mol. The van der Waals surface area contributed by atoms with E-state index in [4.69, 9.17) is 0 Å². The minimum Gasteiger partial charge on any atom is -0.300 e. The standard InChI is InChI=1S/C23H25F3N2/c1-15(2)12-18-13-19(14-20(23(24,25)26)21(18)16(3)4)28-11-10-27-22(28)17-8-6-5-7-9-17/h5-11,13-16H,12H2,1-4H3. The minimum absolute atomic E-state index is 0.212. The predicted molar refractivity (Wildman–Crippen MR) is 107 cm³/mol. The molecule has 148 valence electrons. The van der Waals surface area contributed by atoms with Crippen LogP contribution in [0, 0.1) is 5.92 Å². The fraction of sp³-hybridized carbons (Fsp3) is 0.348. The molecule has 0 saturated carbocycles. The van der Waals surface area contributed by atoms with Crippen LogP contribution in [0.4, 0.5) is 13.2 Å². The van der Waals surface area contributed by atoms with Crippen molar-refractivity contribution in [2.75, 3.05) is 0 Å². The zero-order valence-electron chi connectivity index (χ0n) is 16.6. The van der Waals surface area contributed by atoms with Crippen LogP contribution in [0.3, 0.4) is 0 Å². The van der Waals surface area contributed by atoms with Gasteiger partial charge in [0.15, 0.2) is 0 Å². The van der Waals surface area contributed by atoms with Gasteiger partial charge >= 0.3 is 6.18 Å². The van der Waals surface area contributed by atoms with E-state index >= 15 is 0 Å². The monoisotopic (exact) mass is 386 g/mol. The summed E-state index contributed by atoms with van der Waals surface area (Å²) in [5.41, 5.74) is 1.94. The Morgan fingerprint density at radius 1 is 1.00 bits per heavy atom. The highest BCUT2D eigenvalue weighted by Gasteiger charge is 2.36. The molecule has 0 fully saturated rings. The summed E-state index contributed by atoms with van der Waals surface area (Å²) in [5, 5.41) is 0. The maximum Gasteiger partial charge on any atom is 0.416 e. The number of aromatic nitrogens is 2. The van der Waals surface area contributed by atoms with Crippen molar-refractivity contribution in [1.82, 2.24) is 9.55 Å². The first kappa shape index (κ1) is 20.2. The van der Waals surface area contributed by atoms with Crippen LogP contribution in [-0.4, -0.2) is 9.55 Å². The van der Waals surface area contributed by atoms with Crippen LogP contribution in [0.5, 0.6) is 0 Å². The van der Waals surface area contributed by atoms with Crippen LogP contribution < -0.4 is 0 Å². The fourth-order valence-electron chi connectivity index (χ4n) is 3.67. The predicted octanol–water partition coefficient (Wildman–Crippen LogP) is 6.88. The Hall–Kier alpha value is -2.56. The number of nitrogens with zero attached hydrogens (tertiary/aromatic N) is 2. The zero-order chi connectivity index (χ0) is 20.5. The van der Waals surface area contributed by atoms with E-state index in [9.17, 15) is 13.2 Å². The van der Waals surface area contributed by atoms with E-state index in [1.165, 1.54) is 6.07 Å². The van der Waals surface area contributed by atoms with Crippen LogP contribution in [0.25, 0.3) is 17.1 Å². The molecule has 0 saturated heterocycles. The molecule has 0 spiro atoms. The molecule has 28 heavy (non-hydrogen) atoms. The molecule has 3 aromatic rings. The summed E-state index contributed by atoms with van der Waals surface area (Å²) in [5.74, 6) is 0.669. The largest absolute Gasteiger partial charge is 0.416 e. The molecular weight excluding hydrogens is 361 g/mol. The molecule has 0 atom stereocenters. The molecule has 3 rings (SSSR count). The van der Waals surface area contributed by atoms with Crippen molar-refractivity contribution in [3.8, 4) is 17.1 Å². The molecule has 0 amide bonds. The van der Waals surface area contributed by atoms with Gasteiger partial charge in [0.25, 0.3) is 0 Å². The molecule has 0 radical (unpaired) electrons. The van der Waals surface area contributed by atoms with Crippen LogP contribution in [0.2, 0.25) is 0 Å². The molecule has 2 nitrogen and oxygen atoms in total. The third-order valence-corrected chi connectivity index (χ3v) is 4.71. The Bertz CT molecular complexity index is 938. The van der Waals surface area contributed by atoms with Crippen LogP contribution in [0.15, 0.2) is 54.9 Å². The van der Waals surface area contributed by atoms with Crippen LogP contribution in [0.1, 0.15) is 50.3 Å². The fourth-order valence-corrected chi connectivity index (χ4v) is 3.67. The Labute approximate surface area is 164 Å². The van der Waals surface area contributed by atoms with Crippen molar-refractivity contribution in [2.45, 2.75) is 46.2 Å². The van der Waals surface area contributed by atoms with Crippen molar-refractivity contribution in [1.29, 1.82) is 0 Å². The molecule has 0 bridgehead atoms. The highest BCUT2D eigenvalue weighted by atomic mass is 19.4. The van der Waals surface area contributed by atoms with Crippen molar-refractivity contribution in [2.24, 2.45) is 5.92 Å². The van der Waals surface area contributed by atoms with E-state index in [1.807, 2.05) is 64.1 Å². The quantitative estimate of drug-likeness (QED) is 0.467. The second-order valence-corrected chi connectivity index (χ2v) is 7.80. The van der Waals surface area contributed by atoms with Gasteiger partial charge in [-0.25, -0.2) is 4.98 Å². The van der Waals surface area contributed by atoms with Crippen molar-refractivity contribution < 1.29 is 13.2 Å². The number of hydrogen-bond acceptors (Lipinski definition) is 1. The van der Waals surface area contributed by atoms with Crippen molar-refractivity contribution >= 4 is 0 Å². The number of imidazole rings is 1. The maximum absolute atomic E-state index is 13.9. The molecular formula is C23H25F3N2. The lowest BCUT2D eigenvalue weighted by atomic mass is 9.87. The van der Waals surface area contributed by atoms with Gasteiger partial charge in [0.2, 0.25) is 0 Å². The lowest BCUT2D eigenvalue weighted by Gasteiger charge is -2.23. The number of halogens is 3. The molecule has 5 heteroatoms. The summed E-state index contributed by atoms with van der Waals surface area (Å²) in [6.45, 7) is 7.69. The molecule has 0 N–H and O–H groups in total. The molecule has 0 aliphatic heterocycles. The van der Waals surface area contributed by atoms with E-state index in [2.05, 4.69) is 4.98 Å². The Morgan fingerprint density at radius 3 is 2.25 bits per heavy atom. The summed E-state index contributed by atoms with van der Waals surface area (Å²) < 4.78 is 43.6. The zero-order valence-corrected chi connectivity index (χ0v) is 16.6. The Kier molecular flexibility index (Phi) is 5.64. The molecule has 0 unspecified atom stereocenters. The van der Waals surface area contributed by atoms with E-state index in [-0.39, 0.29) is 11.8 Å². The van der Waals surface area contributed by atoms with Gasteiger partial charge < -0.3 is 0 Å². The second kappa shape index (κ2) is 7.82. The van der Waals surface area contributed by atoms with E-state index in [1.54, 1.807) is 17.0 Å². The lowest BCUT2D eigenvalue weighted by Crippen LogP contribution is -2.15. The third kappa shape index (κ3) is 4.13. The highest BCUT2D eigenvalue weighted by molar-refractivity contribution is 5.60. The average Bonchev–Trinajstić information content (AvgIpc) is 3.10. The van der Waals surface area contributed by atoms with Gasteiger partial charge in [-0.2, -0.15) is 13.2 Å². The van der Waals surface area contributed by atoms with Gasteiger partial charge in [0.1, 0.15) is 5.82 Å². The maximum atomic E-state index is 13.9. The Balaban J connectivity index is 2.25. The number of benzene rings is 2. The van der Waals surface area contributed by atoms with Gasteiger partial charge in [-0.1, -0.05) is 58.0 Å². The van der Waals surface area contributed by atoms with Gasteiger partial charge in [-0.15, -0.1) is 0 Å². The van der Waals surface area contributed by atoms with Gasteiger partial charge in [-0.05, 0) is 41.5 Å². The second-order valence-electron chi connectivity index (χ2n) is 7.80. The molecule has 2 aromatic carbocycles. The van der Waals surface area contributed by atoms with Crippen LogP contribution in [-0.2, 0) is 12.6 Å². The Morgan fingerprint density at radius 2 is 1.68 bits per heavy atom. The smallest absolute Gasteiger partial charge is 0.300 e. The SMILES string of the molecule is CC(C)Cc1cc(-n2ccnc2-c2ccccc2)cc(C(F)(F)F)c1C(C)C. The topological polar surface area (TPSA) is 17.8 Å². The van der Waals surface area contributed by atoms with Crippen molar-refractivity contribution in [3.05, 3.63) is 71.5 Å². The van der Waals surface area contributed by atoms with Gasteiger partial charge in [0.05, 0.1) is 5.56 Å². The highest BCUT2D eigenvalue weighted by Crippen LogP contribution is 2.39. The van der Waals surface area contributed by atoms with Crippen LogP contribution >= 0.6 is 0 Å². The van der Waals surface area contributed by atoms with Gasteiger partial charge in [0, 0.05) is 23.6 Å². The van der Waals surface area contributed by atoms with Crippen molar-refractivity contribution in [3.63, 3.8) is 0 Å². The third-order valence-electron chi connectivity index (χ3n) is 4.71. The summed E-state index contributed by atoms with van der Waals surface area (Å²) in [6, 6.07) is 12.6. The summed E-state index contributed by atoms with van der Waals surface area (Å²) in [4.78, 5) is 4.38. The molecule has 0 aliphatic carbocycles.